The van der Waals surface area contributed by atoms with E-state index in [9.17, 15) is 22.8 Å². The van der Waals surface area contributed by atoms with Crippen LogP contribution in [0.2, 0.25) is 5.02 Å². The number of benzene rings is 2. The highest BCUT2D eigenvalue weighted by Gasteiger charge is 2.35. The SMILES string of the molecule is CCC(CC(=O)N1CC(=O)CCC(Cc2cc(Cl)ccc2OC)C1=O)c1cccc(S(N)(=O)=O)c1. The minimum Gasteiger partial charge on any atom is -0.496 e. The number of primary sulfonamides is 1. The van der Waals surface area contributed by atoms with E-state index < -0.39 is 27.8 Å². The highest BCUT2D eigenvalue weighted by molar-refractivity contribution is 7.89. The number of sulfonamides is 1. The van der Waals surface area contributed by atoms with Crippen molar-refractivity contribution in [3.05, 3.63) is 58.6 Å². The van der Waals surface area contributed by atoms with Crippen LogP contribution >= 0.6 is 11.6 Å². The maximum Gasteiger partial charge on any atom is 0.238 e. The summed E-state index contributed by atoms with van der Waals surface area (Å²) in [6, 6.07) is 11.2. The number of nitrogens with two attached hydrogens (primary N) is 1. The first-order chi connectivity index (χ1) is 16.5. The van der Waals surface area contributed by atoms with Crippen LogP contribution in [0.4, 0.5) is 0 Å². The molecule has 8 nitrogen and oxygen atoms in total. The maximum absolute atomic E-state index is 13.4. The van der Waals surface area contributed by atoms with Crippen LogP contribution in [0.25, 0.3) is 0 Å². The summed E-state index contributed by atoms with van der Waals surface area (Å²) in [7, 11) is -2.37. The number of imide groups is 1. The Hall–Kier alpha value is -2.75. The average molecular weight is 521 g/mol. The van der Waals surface area contributed by atoms with Crippen LogP contribution in [-0.2, 0) is 30.8 Å². The molecule has 2 atom stereocenters. The van der Waals surface area contributed by atoms with Gasteiger partial charge in [-0.05, 0) is 66.6 Å². The molecule has 1 aliphatic rings. The Morgan fingerprint density at radius 3 is 2.63 bits per heavy atom. The molecule has 35 heavy (non-hydrogen) atoms. The summed E-state index contributed by atoms with van der Waals surface area (Å²) in [4.78, 5) is 40.1. The number of amides is 2. The lowest BCUT2D eigenvalue weighted by molar-refractivity contribution is -0.148. The van der Waals surface area contributed by atoms with Crippen LogP contribution in [0, 0.1) is 5.92 Å². The van der Waals surface area contributed by atoms with E-state index in [0.29, 0.717) is 29.2 Å². The molecular formula is C25H29ClN2O6S. The molecule has 0 bridgehead atoms. The maximum atomic E-state index is 13.4. The molecule has 0 radical (unpaired) electrons. The summed E-state index contributed by atoms with van der Waals surface area (Å²) < 4.78 is 28.9. The van der Waals surface area contributed by atoms with Crippen molar-refractivity contribution < 1.29 is 27.5 Å². The number of carbonyl (C=O) groups excluding carboxylic acids is 3. The zero-order valence-corrected chi connectivity index (χ0v) is 21.3. The lowest BCUT2D eigenvalue weighted by atomic mass is 9.91. The number of halogens is 1. The number of hydrogen-bond acceptors (Lipinski definition) is 6. The van der Waals surface area contributed by atoms with Gasteiger partial charge in [0.25, 0.3) is 0 Å². The number of likely N-dealkylation sites (tertiary alicyclic amines) is 1. The average Bonchev–Trinajstić information content (AvgIpc) is 2.95. The van der Waals surface area contributed by atoms with Crippen molar-refractivity contribution in [3.63, 3.8) is 0 Å². The lowest BCUT2D eigenvalue weighted by Crippen LogP contribution is -2.42. The molecule has 2 unspecified atom stereocenters. The van der Waals surface area contributed by atoms with E-state index in [1.807, 2.05) is 6.92 Å². The minimum absolute atomic E-state index is 0.0440. The Bertz CT molecular complexity index is 1230. The third kappa shape index (κ3) is 6.68. The summed E-state index contributed by atoms with van der Waals surface area (Å²) in [5.41, 5.74) is 1.35. The van der Waals surface area contributed by atoms with E-state index in [0.717, 1.165) is 10.5 Å². The topological polar surface area (TPSA) is 124 Å². The van der Waals surface area contributed by atoms with Crippen LogP contribution in [0.3, 0.4) is 0 Å². The number of nitrogens with zero attached hydrogens (tertiary/aromatic N) is 1. The van der Waals surface area contributed by atoms with Gasteiger partial charge in [-0.3, -0.25) is 19.3 Å². The molecule has 0 aliphatic carbocycles. The first-order valence-corrected chi connectivity index (χ1v) is 13.3. The fourth-order valence-corrected chi connectivity index (χ4v) is 5.11. The van der Waals surface area contributed by atoms with Crippen molar-refractivity contribution in [2.24, 2.45) is 11.1 Å². The van der Waals surface area contributed by atoms with Gasteiger partial charge in [0.2, 0.25) is 21.8 Å². The van der Waals surface area contributed by atoms with Crippen LogP contribution in [0.1, 0.15) is 49.7 Å². The molecule has 1 saturated heterocycles. The molecule has 1 fully saturated rings. The standard InChI is InChI=1S/C25H29ClN2O6S/c1-3-16(17-5-4-6-22(13-17)35(27,32)33)14-24(30)28-15-21(29)9-7-18(25(28)31)11-19-12-20(26)8-10-23(19)34-2/h4-6,8,10,12-13,16,18H,3,7,9,11,14-15H2,1-2H3,(H2,27,32,33). The van der Waals surface area contributed by atoms with E-state index in [-0.39, 0.29) is 42.4 Å². The molecule has 3 rings (SSSR count). The Morgan fingerprint density at radius 2 is 1.97 bits per heavy atom. The highest BCUT2D eigenvalue weighted by atomic mass is 35.5. The summed E-state index contributed by atoms with van der Waals surface area (Å²) in [5.74, 6) is -1.41. The Labute approximate surface area is 210 Å². The fraction of sp³-hybridized carbons (Fsp3) is 0.400. The van der Waals surface area contributed by atoms with Gasteiger partial charge >= 0.3 is 0 Å². The van der Waals surface area contributed by atoms with Gasteiger partial charge in [0.15, 0.2) is 5.78 Å². The number of methoxy groups -OCH3 is 1. The zero-order chi connectivity index (χ0) is 25.8. The molecule has 1 aliphatic heterocycles. The van der Waals surface area contributed by atoms with Crippen molar-refractivity contribution in [2.75, 3.05) is 13.7 Å². The summed E-state index contributed by atoms with van der Waals surface area (Å²) >= 11 is 6.13. The van der Waals surface area contributed by atoms with E-state index >= 15 is 0 Å². The van der Waals surface area contributed by atoms with Gasteiger partial charge in [0.05, 0.1) is 18.6 Å². The van der Waals surface area contributed by atoms with Gasteiger partial charge in [-0.15, -0.1) is 0 Å². The summed E-state index contributed by atoms with van der Waals surface area (Å²) in [6.07, 6.45) is 1.28. The molecule has 1 heterocycles. The van der Waals surface area contributed by atoms with Gasteiger partial charge in [0, 0.05) is 23.8 Å². The number of carbonyl (C=O) groups is 3. The van der Waals surface area contributed by atoms with Gasteiger partial charge in [-0.2, -0.15) is 0 Å². The largest absolute Gasteiger partial charge is 0.496 e. The third-order valence-corrected chi connectivity index (χ3v) is 7.45. The number of rotatable bonds is 8. The van der Waals surface area contributed by atoms with Crippen LogP contribution in [0.15, 0.2) is 47.4 Å². The van der Waals surface area contributed by atoms with E-state index in [4.69, 9.17) is 21.5 Å². The molecule has 2 N–H and O–H groups in total. The lowest BCUT2D eigenvalue weighted by Gasteiger charge is -2.25. The molecule has 2 aromatic rings. The van der Waals surface area contributed by atoms with Crippen molar-refractivity contribution in [1.29, 1.82) is 0 Å². The normalized spacial score (nSPS) is 17.7. The smallest absolute Gasteiger partial charge is 0.238 e. The second-order valence-corrected chi connectivity index (χ2v) is 10.7. The molecule has 10 heteroatoms. The van der Waals surface area contributed by atoms with E-state index in [1.165, 1.54) is 19.2 Å². The van der Waals surface area contributed by atoms with Crippen molar-refractivity contribution in [2.45, 2.75) is 49.8 Å². The summed E-state index contributed by atoms with van der Waals surface area (Å²) in [5, 5.41) is 5.74. The Morgan fingerprint density at radius 1 is 1.23 bits per heavy atom. The summed E-state index contributed by atoms with van der Waals surface area (Å²) in [6.45, 7) is 1.60. The van der Waals surface area contributed by atoms with E-state index in [2.05, 4.69) is 0 Å². The van der Waals surface area contributed by atoms with Crippen molar-refractivity contribution >= 4 is 39.2 Å². The van der Waals surface area contributed by atoms with Crippen LogP contribution < -0.4 is 9.88 Å². The first kappa shape index (κ1) is 26.8. The van der Waals surface area contributed by atoms with E-state index in [1.54, 1.807) is 30.3 Å². The Balaban J connectivity index is 1.83. The molecule has 2 amide bonds. The molecular weight excluding hydrogens is 492 g/mol. The number of hydrogen-bond donors (Lipinski definition) is 1. The molecule has 188 valence electrons. The van der Waals surface area contributed by atoms with Crippen LogP contribution in [-0.4, -0.2) is 44.6 Å². The molecule has 0 saturated carbocycles. The van der Waals surface area contributed by atoms with Crippen LogP contribution in [0.5, 0.6) is 5.75 Å². The second kappa shape index (κ2) is 11.3. The van der Waals surface area contributed by atoms with Gasteiger partial charge < -0.3 is 4.74 Å². The van der Waals surface area contributed by atoms with Crippen molar-refractivity contribution in [3.8, 4) is 5.75 Å². The highest BCUT2D eigenvalue weighted by Crippen LogP contribution is 2.30. The monoisotopic (exact) mass is 520 g/mol. The molecule has 0 aromatic heterocycles. The zero-order valence-electron chi connectivity index (χ0n) is 19.7. The minimum atomic E-state index is -3.90. The van der Waals surface area contributed by atoms with Crippen molar-refractivity contribution in [1.82, 2.24) is 4.90 Å². The molecule has 0 spiro atoms. The third-order valence-electron chi connectivity index (χ3n) is 6.30. The second-order valence-electron chi connectivity index (χ2n) is 8.68. The fourth-order valence-electron chi connectivity index (χ4n) is 4.35. The predicted molar refractivity (Wildman–Crippen MR) is 132 cm³/mol. The quantitative estimate of drug-likeness (QED) is 0.568. The predicted octanol–water partition coefficient (Wildman–Crippen LogP) is 3.46. The number of ketones is 1. The number of ether oxygens (including phenoxy) is 1. The first-order valence-electron chi connectivity index (χ1n) is 11.3. The number of Topliss-reactive ketones (excluding diaryl/α,β-unsaturated/α-hetero) is 1. The molecule has 2 aromatic carbocycles. The van der Waals surface area contributed by atoms with Gasteiger partial charge in [-0.25, -0.2) is 13.6 Å². The van der Waals surface area contributed by atoms with Gasteiger partial charge in [0.1, 0.15) is 5.75 Å². The Kier molecular flexibility index (Phi) is 8.69. The van der Waals surface area contributed by atoms with Gasteiger partial charge in [-0.1, -0.05) is 30.7 Å².